The highest BCUT2D eigenvalue weighted by molar-refractivity contribution is 5.81. The Morgan fingerprint density at radius 1 is 1.21 bits per heavy atom. The van der Waals surface area contributed by atoms with Crippen LogP contribution in [0.4, 0.5) is 0 Å². The molecule has 0 radical (unpaired) electrons. The van der Waals surface area contributed by atoms with Gasteiger partial charge in [-0.15, -0.1) is 0 Å². The largest absolute Gasteiger partial charge is 0.344 e. The van der Waals surface area contributed by atoms with Crippen molar-refractivity contribution in [3.63, 3.8) is 0 Å². The van der Waals surface area contributed by atoms with Crippen molar-refractivity contribution in [2.45, 2.75) is 57.9 Å². The highest BCUT2D eigenvalue weighted by Gasteiger charge is 2.51. The number of amides is 1. The lowest BCUT2D eigenvalue weighted by atomic mass is 9.49. The summed E-state index contributed by atoms with van der Waals surface area (Å²) >= 11 is 0. The lowest BCUT2D eigenvalue weighted by Gasteiger charge is -2.57. The van der Waals surface area contributed by atoms with Gasteiger partial charge in [0.1, 0.15) is 0 Å². The van der Waals surface area contributed by atoms with Gasteiger partial charge in [-0.3, -0.25) is 4.79 Å². The van der Waals surface area contributed by atoms with Crippen LogP contribution < -0.4 is 5.73 Å². The normalized spacial score (nSPS) is 41.3. The number of likely N-dealkylation sites (N-methyl/N-ethyl adjacent to an activating group) is 1. The maximum atomic E-state index is 12.2. The van der Waals surface area contributed by atoms with Crippen LogP contribution in [-0.4, -0.2) is 30.4 Å². The van der Waals surface area contributed by atoms with Crippen molar-refractivity contribution in [3.8, 4) is 0 Å². The minimum atomic E-state index is -0.307. The van der Waals surface area contributed by atoms with Gasteiger partial charge in [-0.1, -0.05) is 6.92 Å². The predicted molar refractivity (Wildman–Crippen MR) is 76.5 cm³/mol. The average molecular weight is 264 g/mol. The van der Waals surface area contributed by atoms with Crippen LogP contribution >= 0.6 is 0 Å². The van der Waals surface area contributed by atoms with E-state index in [-0.39, 0.29) is 11.9 Å². The molecule has 0 unspecified atom stereocenters. The van der Waals surface area contributed by atoms with Gasteiger partial charge in [0.05, 0.1) is 6.04 Å². The Bertz CT molecular complexity index is 330. The van der Waals surface area contributed by atoms with E-state index in [0.717, 1.165) is 30.7 Å². The van der Waals surface area contributed by atoms with Gasteiger partial charge in [0, 0.05) is 13.6 Å². The van der Waals surface area contributed by atoms with Gasteiger partial charge < -0.3 is 10.6 Å². The second-order valence-corrected chi connectivity index (χ2v) is 7.63. The number of rotatable bonds is 4. The van der Waals surface area contributed by atoms with Crippen molar-refractivity contribution in [2.24, 2.45) is 28.9 Å². The van der Waals surface area contributed by atoms with E-state index >= 15 is 0 Å². The first-order valence-corrected chi connectivity index (χ1v) is 8.02. The summed E-state index contributed by atoms with van der Waals surface area (Å²) in [5.41, 5.74) is 6.33. The molecule has 0 aromatic heterocycles. The topological polar surface area (TPSA) is 46.3 Å². The zero-order valence-electron chi connectivity index (χ0n) is 12.4. The summed E-state index contributed by atoms with van der Waals surface area (Å²) < 4.78 is 0. The summed E-state index contributed by atoms with van der Waals surface area (Å²) in [5.74, 6) is 3.00. The lowest BCUT2D eigenvalue weighted by molar-refractivity contribution is -0.136. The summed E-state index contributed by atoms with van der Waals surface area (Å²) in [5, 5.41) is 0. The van der Waals surface area contributed by atoms with Crippen LogP contribution in [0.3, 0.4) is 0 Å². The van der Waals surface area contributed by atoms with Crippen molar-refractivity contribution in [3.05, 3.63) is 0 Å². The maximum absolute atomic E-state index is 12.2. The molecule has 4 bridgehead atoms. The van der Waals surface area contributed by atoms with E-state index in [1.807, 2.05) is 18.9 Å². The molecule has 0 aromatic rings. The molecule has 4 aliphatic rings. The van der Waals surface area contributed by atoms with E-state index in [4.69, 9.17) is 5.73 Å². The molecule has 3 nitrogen and oxygen atoms in total. The fraction of sp³-hybridized carbons (Fsp3) is 0.938. The molecule has 0 aliphatic heterocycles. The Hall–Kier alpha value is -0.570. The second-order valence-electron chi connectivity index (χ2n) is 7.63. The number of hydrogen-bond donors (Lipinski definition) is 1. The first-order chi connectivity index (χ1) is 9.01. The Labute approximate surface area is 116 Å². The molecule has 4 aliphatic carbocycles. The number of carbonyl (C=O) groups is 1. The first kappa shape index (κ1) is 13.4. The number of nitrogens with zero attached hydrogens (tertiary/aromatic N) is 1. The van der Waals surface area contributed by atoms with Crippen molar-refractivity contribution in [1.82, 2.24) is 4.90 Å². The van der Waals surface area contributed by atoms with E-state index < -0.39 is 0 Å². The molecule has 4 saturated carbocycles. The molecule has 0 saturated heterocycles. The van der Waals surface area contributed by atoms with Crippen LogP contribution in [0.2, 0.25) is 0 Å². The average Bonchev–Trinajstić information content (AvgIpc) is 2.34. The molecule has 108 valence electrons. The summed E-state index contributed by atoms with van der Waals surface area (Å²) in [6, 6.07) is -0.307. The summed E-state index contributed by atoms with van der Waals surface area (Å²) in [6.45, 7) is 2.93. The Balaban J connectivity index is 1.67. The zero-order chi connectivity index (χ0) is 13.6. The van der Waals surface area contributed by atoms with E-state index in [9.17, 15) is 4.79 Å². The van der Waals surface area contributed by atoms with Crippen LogP contribution in [0, 0.1) is 23.2 Å². The molecule has 4 rings (SSSR count). The number of carbonyl (C=O) groups excluding carboxylic acids is 1. The van der Waals surface area contributed by atoms with Crippen molar-refractivity contribution in [1.29, 1.82) is 0 Å². The van der Waals surface area contributed by atoms with Gasteiger partial charge in [0.25, 0.3) is 0 Å². The Morgan fingerprint density at radius 2 is 1.68 bits per heavy atom. The Kier molecular flexibility index (Phi) is 3.36. The minimum absolute atomic E-state index is 0.137. The quantitative estimate of drug-likeness (QED) is 0.847. The molecule has 0 heterocycles. The third-order valence-electron chi connectivity index (χ3n) is 5.87. The molecule has 1 amide bonds. The highest BCUT2D eigenvalue weighted by Crippen LogP contribution is 2.60. The molecular formula is C16H28N2O. The van der Waals surface area contributed by atoms with Crippen LogP contribution in [0.15, 0.2) is 0 Å². The number of nitrogens with two attached hydrogens (primary N) is 1. The van der Waals surface area contributed by atoms with Gasteiger partial charge >= 0.3 is 0 Å². The molecule has 4 fully saturated rings. The molecular weight excluding hydrogens is 236 g/mol. The van der Waals surface area contributed by atoms with Crippen LogP contribution in [-0.2, 0) is 4.79 Å². The van der Waals surface area contributed by atoms with E-state index in [1.165, 1.54) is 38.5 Å². The third-order valence-corrected chi connectivity index (χ3v) is 5.87. The molecule has 19 heavy (non-hydrogen) atoms. The molecule has 1 atom stereocenters. The van der Waals surface area contributed by atoms with Crippen molar-refractivity contribution < 1.29 is 4.79 Å². The maximum Gasteiger partial charge on any atom is 0.239 e. The monoisotopic (exact) mass is 264 g/mol. The number of hydrogen-bond acceptors (Lipinski definition) is 2. The van der Waals surface area contributed by atoms with Gasteiger partial charge in [-0.2, -0.15) is 0 Å². The summed E-state index contributed by atoms with van der Waals surface area (Å²) in [7, 11) is 1.95. The van der Waals surface area contributed by atoms with Crippen molar-refractivity contribution in [2.75, 3.05) is 13.6 Å². The predicted octanol–water partition coefficient (Wildman–Crippen LogP) is 2.40. The van der Waals surface area contributed by atoms with Crippen LogP contribution in [0.25, 0.3) is 0 Å². The minimum Gasteiger partial charge on any atom is -0.344 e. The molecule has 0 aromatic carbocycles. The van der Waals surface area contributed by atoms with Gasteiger partial charge in [-0.05, 0) is 68.1 Å². The first-order valence-electron chi connectivity index (χ1n) is 8.02. The highest BCUT2D eigenvalue weighted by atomic mass is 16.2. The standard InChI is InChI=1S/C16H28N2O/c1-3-14(17)15(19)18(2)10-16-7-11-4-12(8-16)6-13(5-11)9-16/h11-14H,3-10,17H2,1-2H3/t11?,12?,13?,14-,16?/m1/s1. The van der Waals surface area contributed by atoms with Gasteiger partial charge in [0.2, 0.25) is 5.91 Å². The van der Waals surface area contributed by atoms with Crippen LogP contribution in [0.1, 0.15) is 51.9 Å². The lowest BCUT2D eigenvalue weighted by Crippen LogP contribution is -2.53. The van der Waals surface area contributed by atoms with Gasteiger partial charge in [0.15, 0.2) is 0 Å². The second kappa shape index (κ2) is 4.76. The summed E-state index contributed by atoms with van der Waals surface area (Å²) in [4.78, 5) is 14.1. The molecule has 0 spiro atoms. The van der Waals surface area contributed by atoms with Crippen LogP contribution in [0.5, 0.6) is 0 Å². The zero-order valence-corrected chi connectivity index (χ0v) is 12.4. The Morgan fingerprint density at radius 3 is 2.11 bits per heavy atom. The van der Waals surface area contributed by atoms with E-state index in [2.05, 4.69) is 0 Å². The fourth-order valence-corrected chi connectivity index (χ4v) is 5.52. The smallest absolute Gasteiger partial charge is 0.239 e. The fourth-order valence-electron chi connectivity index (χ4n) is 5.52. The van der Waals surface area contributed by atoms with Crippen molar-refractivity contribution >= 4 is 5.91 Å². The molecule has 3 heteroatoms. The summed E-state index contributed by atoms with van der Waals surface area (Å²) in [6.07, 6.45) is 9.21. The SMILES string of the molecule is CC[C@@H](N)C(=O)N(C)CC12CC3CC(CC(C3)C1)C2. The van der Waals surface area contributed by atoms with Gasteiger partial charge in [-0.25, -0.2) is 0 Å². The van der Waals surface area contributed by atoms with E-state index in [1.54, 1.807) is 0 Å². The van der Waals surface area contributed by atoms with E-state index in [0.29, 0.717) is 5.41 Å². The third kappa shape index (κ3) is 2.42. The molecule has 2 N–H and O–H groups in total.